The molecule has 0 fully saturated rings. The van der Waals surface area contributed by atoms with Gasteiger partial charge < -0.3 is 4.74 Å². The fraction of sp³-hybridized carbons (Fsp3) is 0.364. The molecule has 0 unspecified atom stereocenters. The molecule has 0 aliphatic carbocycles. The Balaban J connectivity index is 2.81. The quantitative estimate of drug-likeness (QED) is 0.656. The third kappa shape index (κ3) is 4.44. The highest BCUT2D eigenvalue weighted by Crippen LogP contribution is 2.14. The van der Waals surface area contributed by atoms with Gasteiger partial charge in [-0.15, -0.1) is 0 Å². The Bertz CT molecular complexity index is 391. The van der Waals surface area contributed by atoms with Gasteiger partial charge in [0.15, 0.2) is 0 Å². The van der Waals surface area contributed by atoms with Crippen LogP contribution in [0.1, 0.15) is 22.8 Å². The fourth-order valence-electron chi connectivity index (χ4n) is 1.28. The molecule has 1 aromatic carbocycles. The lowest BCUT2D eigenvalue weighted by Crippen LogP contribution is -2.31. The van der Waals surface area contributed by atoms with Gasteiger partial charge >= 0.3 is 12.3 Å². The first-order valence-electron chi connectivity index (χ1n) is 5.01. The normalized spacial score (nSPS) is 11.3. The highest BCUT2D eigenvalue weighted by Gasteiger charge is 2.26. The molecule has 0 saturated heterocycles. The zero-order valence-corrected chi connectivity index (χ0v) is 9.17. The summed E-state index contributed by atoms with van der Waals surface area (Å²) in [6.07, 6.45) is -4.47. The van der Waals surface area contributed by atoms with Gasteiger partial charge in [-0.1, -0.05) is 18.2 Å². The first kappa shape index (κ1) is 13.5. The van der Waals surface area contributed by atoms with E-state index in [9.17, 15) is 18.0 Å². The maximum absolute atomic E-state index is 12.0. The number of hydrogen-bond acceptors (Lipinski definition) is 3. The van der Waals surface area contributed by atoms with Crippen LogP contribution in [-0.4, -0.2) is 18.9 Å². The molecule has 0 aromatic heterocycles. The minimum Gasteiger partial charge on any atom is -0.462 e. The van der Waals surface area contributed by atoms with Crippen LogP contribution in [0.25, 0.3) is 0 Å². The number of esters is 1. The van der Waals surface area contributed by atoms with Crippen molar-refractivity contribution in [3.63, 3.8) is 0 Å². The summed E-state index contributed by atoms with van der Waals surface area (Å²) >= 11 is 0. The van der Waals surface area contributed by atoms with Crippen molar-refractivity contribution in [1.82, 2.24) is 5.32 Å². The zero-order valence-electron chi connectivity index (χ0n) is 9.17. The SMILES string of the molecule is CCOC(=O)c1ccccc1CNC(F)(F)F. The van der Waals surface area contributed by atoms with Gasteiger partial charge in [-0.05, 0) is 18.6 Å². The van der Waals surface area contributed by atoms with E-state index < -0.39 is 18.8 Å². The molecule has 0 bridgehead atoms. The Morgan fingerprint density at radius 2 is 2.00 bits per heavy atom. The van der Waals surface area contributed by atoms with E-state index in [1.54, 1.807) is 19.1 Å². The van der Waals surface area contributed by atoms with Gasteiger partial charge in [-0.25, -0.2) is 10.1 Å². The summed E-state index contributed by atoms with van der Waals surface area (Å²) < 4.78 is 40.7. The van der Waals surface area contributed by atoms with Crippen molar-refractivity contribution >= 4 is 5.97 Å². The monoisotopic (exact) mass is 247 g/mol. The van der Waals surface area contributed by atoms with Gasteiger partial charge in [0.25, 0.3) is 0 Å². The van der Waals surface area contributed by atoms with Crippen LogP contribution < -0.4 is 5.32 Å². The molecule has 1 aromatic rings. The number of carbonyl (C=O) groups excluding carboxylic acids is 1. The van der Waals surface area contributed by atoms with Crippen LogP contribution in [0, 0.1) is 0 Å². The van der Waals surface area contributed by atoms with Crippen molar-refractivity contribution in [1.29, 1.82) is 0 Å². The van der Waals surface area contributed by atoms with Gasteiger partial charge in [0.1, 0.15) is 0 Å². The third-order valence-corrected chi connectivity index (χ3v) is 1.99. The second-order valence-corrected chi connectivity index (χ2v) is 3.23. The third-order valence-electron chi connectivity index (χ3n) is 1.99. The summed E-state index contributed by atoms with van der Waals surface area (Å²) in [4.78, 5) is 11.5. The predicted molar refractivity (Wildman–Crippen MR) is 55.3 cm³/mol. The maximum atomic E-state index is 12.0. The van der Waals surface area contributed by atoms with Gasteiger partial charge in [-0.3, -0.25) is 0 Å². The topological polar surface area (TPSA) is 38.3 Å². The number of ether oxygens (including phenoxy) is 1. The maximum Gasteiger partial charge on any atom is 0.457 e. The van der Waals surface area contributed by atoms with Crippen LogP contribution in [0.15, 0.2) is 24.3 Å². The van der Waals surface area contributed by atoms with Crippen LogP contribution in [-0.2, 0) is 11.3 Å². The Kier molecular flexibility index (Phi) is 4.51. The molecule has 0 heterocycles. The molecule has 1 N–H and O–H groups in total. The van der Waals surface area contributed by atoms with Gasteiger partial charge in [0, 0.05) is 6.54 Å². The lowest BCUT2D eigenvalue weighted by atomic mass is 10.1. The molecule has 1 rings (SSSR count). The molecule has 0 amide bonds. The Hall–Kier alpha value is -1.56. The van der Waals surface area contributed by atoms with Gasteiger partial charge in [0.2, 0.25) is 0 Å². The number of benzene rings is 1. The largest absolute Gasteiger partial charge is 0.462 e. The van der Waals surface area contributed by atoms with E-state index >= 15 is 0 Å². The van der Waals surface area contributed by atoms with E-state index in [4.69, 9.17) is 4.74 Å². The van der Waals surface area contributed by atoms with E-state index in [0.29, 0.717) is 0 Å². The van der Waals surface area contributed by atoms with Gasteiger partial charge in [-0.2, -0.15) is 13.2 Å². The second kappa shape index (κ2) is 5.67. The molecule has 3 nitrogen and oxygen atoms in total. The van der Waals surface area contributed by atoms with Crippen LogP contribution >= 0.6 is 0 Å². The molecule has 0 radical (unpaired) electrons. The van der Waals surface area contributed by atoms with Crippen LogP contribution in [0.3, 0.4) is 0 Å². The highest BCUT2D eigenvalue weighted by molar-refractivity contribution is 5.91. The van der Waals surface area contributed by atoms with E-state index in [2.05, 4.69) is 0 Å². The first-order chi connectivity index (χ1) is 7.94. The standard InChI is InChI=1S/C11H12F3NO2/c1-2-17-10(16)9-6-4-3-5-8(9)7-15-11(12,13)14/h3-6,15H,2,7H2,1H3. The average Bonchev–Trinajstić information content (AvgIpc) is 2.26. The summed E-state index contributed by atoms with van der Waals surface area (Å²) in [6.45, 7) is 1.35. The van der Waals surface area contributed by atoms with Crippen molar-refractivity contribution in [3.8, 4) is 0 Å². The van der Waals surface area contributed by atoms with Crippen molar-refractivity contribution in [2.24, 2.45) is 0 Å². The Morgan fingerprint density at radius 3 is 2.59 bits per heavy atom. The summed E-state index contributed by atoms with van der Waals surface area (Å²) in [5.74, 6) is -0.618. The smallest absolute Gasteiger partial charge is 0.457 e. The highest BCUT2D eigenvalue weighted by atomic mass is 19.4. The zero-order chi connectivity index (χ0) is 12.9. The van der Waals surface area contributed by atoms with Crippen LogP contribution in [0.2, 0.25) is 0 Å². The van der Waals surface area contributed by atoms with Crippen molar-refractivity contribution in [3.05, 3.63) is 35.4 Å². The van der Waals surface area contributed by atoms with Gasteiger partial charge in [0.05, 0.1) is 12.2 Å². The first-order valence-corrected chi connectivity index (χ1v) is 5.01. The number of nitrogens with one attached hydrogen (secondary N) is 1. The summed E-state index contributed by atoms with van der Waals surface area (Å²) in [5.41, 5.74) is 0.398. The summed E-state index contributed by atoms with van der Waals surface area (Å²) in [6, 6.07) is 6.02. The van der Waals surface area contributed by atoms with Crippen LogP contribution in [0.4, 0.5) is 13.2 Å². The lowest BCUT2D eigenvalue weighted by Gasteiger charge is -2.11. The van der Waals surface area contributed by atoms with E-state index in [1.807, 2.05) is 0 Å². The molecule has 0 spiro atoms. The fourth-order valence-corrected chi connectivity index (χ4v) is 1.28. The molecule has 6 heteroatoms. The molecule has 0 saturated carbocycles. The van der Waals surface area contributed by atoms with E-state index in [1.165, 1.54) is 17.4 Å². The number of alkyl halides is 3. The number of hydrogen-bond donors (Lipinski definition) is 1. The Labute approximate surface area is 96.6 Å². The van der Waals surface area contributed by atoms with Crippen molar-refractivity contribution in [2.75, 3.05) is 6.61 Å². The average molecular weight is 247 g/mol. The number of carbonyl (C=O) groups is 1. The minimum atomic E-state index is -4.47. The summed E-state index contributed by atoms with van der Waals surface area (Å²) in [5, 5.41) is 1.37. The predicted octanol–water partition coefficient (Wildman–Crippen LogP) is 2.47. The van der Waals surface area contributed by atoms with Crippen molar-refractivity contribution in [2.45, 2.75) is 19.8 Å². The minimum absolute atomic E-state index is 0.145. The molecular weight excluding hydrogens is 235 g/mol. The number of halogens is 3. The molecule has 17 heavy (non-hydrogen) atoms. The molecular formula is C11H12F3NO2. The Morgan fingerprint density at radius 1 is 1.35 bits per heavy atom. The second-order valence-electron chi connectivity index (χ2n) is 3.23. The molecule has 0 aliphatic heterocycles. The molecule has 0 atom stereocenters. The van der Waals surface area contributed by atoms with Crippen LogP contribution in [0.5, 0.6) is 0 Å². The van der Waals surface area contributed by atoms with Crippen molar-refractivity contribution < 1.29 is 22.7 Å². The molecule has 94 valence electrons. The number of rotatable bonds is 4. The van der Waals surface area contributed by atoms with E-state index in [-0.39, 0.29) is 17.7 Å². The van der Waals surface area contributed by atoms with E-state index in [0.717, 1.165) is 0 Å². The molecule has 0 aliphatic rings. The lowest BCUT2D eigenvalue weighted by molar-refractivity contribution is -0.158. The summed E-state index contributed by atoms with van der Waals surface area (Å²) in [7, 11) is 0.